The summed E-state index contributed by atoms with van der Waals surface area (Å²) in [6.07, 6.45) is 3.86. The van der Waals surface area contributed by atoms with E-state index in [1.807, 2.05) is 6.07 Å². The number of aromatic hydroxyl groups is 1. The lowest BCUT2D eigenvalue weighted by Gasteiger charge is -1.95. The number of nitrogens with two attached hydrogens (primary N) is 1. The number of hydrogen-bond acceptors (Lipinski definition) is 5. The van der Waals surface area contributed by atoms with Crippen molar-refractivity contribution in [3.8, 4) is 17.1 Å². The molecular weight excluding hydrogens is 230 g/mol. The molecule has 1 aromatic carbocycles. The van der Waals surface area contributed by atoms with Gasteiger partial charge in [0.1, 0.15) is 5.75 Å². The van der Waals surface area contributed by atoms with Gasteiger partial charge in [-0.1, -0.05) is 23.7 Å². The van der Waals surface area contributed by atoms with Crippen molar-refractivity contribution in [3.63, 3.8) is 0 Å². The molecular formula is C13H17N3O2. The van der Waals surface area contributed by atoms with E-state index >= 15 is 0 Å². The molecule has 0 spiro atoms. The Bertz CT molecular complexity index is 496. The molecule has 0 bridgehead atoms. The summed E-state index contributed by atoms with van der Waals surface area (Å²) in [7, 11) is 0. The van der Waals surface area contributed by atoms with Gasteiger partial charge in [0.05, 0.1) is 0 Å². The average molecular weight is 247 g/mol. The van der Waals surface area contributed by atoms with Crippen molar-refractivity contribution in [2.45, 2.75) is 25.7 Å². The molecule has 0 atom stereocenters. The zero-order valence-corrected chi connectivity index (χ0v) is 10.2. The molecule has 5 nitrogen and oxygen atoms in total. The van der Waals surface area contributed by atoms with Crippen LogP contribution in [0.3, 0.4) is 0 Å². The lowest BCUT2D eigenvalue weighted by atomic mass is 10.2. The molecule has 5 heteroatoms. The number of rotatable bonds is 6. The summed E-state index contributed by atoms with van der Waals surface area (Å²) < 4.78 is 5.17. The standard InChI is InChI=1S/C13H17N3O2/c14-8-3-1-2-7-12-15-13(16-18-12)10-5-4-6-11(17)9-10/h4-6,9,17H,1-3,7-8,14H2. The number of phenolic OH excluding ortho intramolecular Hbond substituents is 1. The maximum Gasteiger partial charge on any atom is 0.226 e. The fraction of sp³-hybridized carbons (Fsp3) is 0.385. The highest BCUT2D eigenvalue weighted by Crippen LogP contribution is 2.20. The summed E-state index contributed by atoms with van der Waals surface area (Å²) in [6.45, 7) is 0.721. The molecule has 18 heavy (non-hydrogen) atoms. The third kappa shape index (κ3) is 3.30. The van der Waals surface area contributed by atoms with Crippen LogP contribution in [0.4, 0.5) is 0 Å². The van der Waals surface area contributed by atoms with Crippen LogP contribution >= 0.6 is 0 Å². The number of aromatic nitrogens is 2. The molecule has 1 heterocycles. The molecule has 0 aliphatic rings. The number of hydrogen-bond donors (Lipinski definition) is 2. The number of aryl methyl sites for hydroxylation is 1. The Kier molecular flexibility index (Phi) is 4.30. The summed E-state index contributed by atoms with van der Waals surface area (Å²) in [6, 6.07) is 6.81. The molecule has 0 fully saturated rings. The summed E-state index contributed by atoms with van der Waals surface area (Å²) in [5.74, 6) is 1.34. The van der Waals surface area contributed by atoms with Gasteiger partial charge in [-0.25, -0.2) is 0 Å². The van der Waals surface area contributed by atoms with E-state index in [2.05, 4.69) is 10.1 Å². The Hall–Kier alpha value is -1.88. The first-order valence-electron chi connectivity index (χ1n) is 6.11. The van der Waals surface area contributed by atoms with E-state index in [1.54, 1.807) is 18.2 Å². The minimum absolute atomic E-state index is 0.196. The van der Waals surface area contributed by atoms with Crippen molar-refractivity contribution >= 4 is 0 Å². The van der Waals surface area contributed by atoms with E-state index in [4.69, 9.17) is 10.3 Å². The summed E-state index contributed by atoms with van der Waals surface area (Å²) >= 11 is 0. The SMILES string of the molecule is NCCCCCc1nc(-c2cccc(O)c2)no1. The van der Waals surface area contributed by atoms with Crippen molar-refractivity contribution in [1.82, 2.24) is 10.1 Å². The van der Waals surface area contributed by atoms with Crippen LogP contribution in [0.2, 0.25) is 0 Å². The fourth-order valence-electron chi connectivity index (χ4n) is 1.72. The van der Waals surface area contributed by atoms with Gasteiger partial charge in [0, 0.05) is 12.0 Å². The molecule has 0 aliphatic carbocycles. The van der Waals surface area contributed by atoms with Gasteiger partial charge in [-0.3, -0.25) is 0 Å². The predicted molar refractivity (Wildman–Crippen MR) is 68.0 cm³/mol. The molecule has 1 aromatic heterocycles. The first-order valence-corrected chi connectivity index (χ1v) is 6.11. The maximum atomic E-state index is 9.38. The maximum absolute atomic E-state index is 9.38. The molecule has 3 N–H and O–H groups in total. The van der Waals surface area contributed by atoms with E-state index in [1.165, 1.54) is 0 Å². The van der Waals surface area contributed by atoms with Crippen LogP contribution in [0.1, 0.15) is 25.2 Å². The minimum Gasteiger partial charge on any atom is -0.508 e. The van der Waals surface area contributed by atoms with Crippen LogP contribution in [0.25, 0.3) is 11.4 Å². The van der Waals surface area contributed by atoms with Crippen molar-refractivity contribution in [1.29, 1.82) is 0 Å². The Morgan fingerprint density at radius 3 is 2.89 bits per heavy atom. The lowest BCUT2D eigenvalue weighted by molar-refractivity contribution is 0.374. The highest BCUT2D eigenvalue weighted by Gasteiger charge is 2.08. The Balaban J connectivity index is 1.97. The molecule has 2 rings (SSSR count). The molecule has 0 unspecified atom stereocenters. The first kappa shape index (κ1) is 12.6. The molecule has 0 amide bonds. The zero-order valence-electron chi connectivity index (χ0n) is 10.2. The van der Waals surface area contributed by atoms with Crippen LogP contribution in [0.5, 0.6) is 5.75 Å². The van der Waals surface area contributed by atoms with E-state index < -0.39 is 0 Å². The number of benzene rings is 1. The van der Waals surface area contributed by atoms with E-state index in [0.29, 0.717) is 11.7 Å². The first-order chi connectivity index (χ1) is 8.79. The molecule has 0 saturated carbocycles. The van der Waals surface area contributed by atoms with E-state index in [0.717, 1.165) is 37.8 Å². The van der Waals surface area contributed by atoms with Crippen molar-refractivity contribution in [2.24, 2.45) is 5.73 Å². The summed E-state index contributed by atoms with van der Waals surface area (Å²) in [5.41, 5.74) is 6.18. The monoisotopic (exact) mass is 247 g/mol. The lowest BCUT2D eigenvalue weighted by Crippen LogP contribution is -1.98. The second-order valence-electron chi connectivity index (χ2n) is 4.16. The number of phenols is 1. The second-order valence-corrected chi connectivity index (χ2v) is 4.16. The average Bonchev–Trinajstić information content (AvgIpc) is 2.83. The van der Waals surface area contributed by atoms with Gasteiger partial charge >= 0.3 is 0 Å². The third-order valence-corrected chi connectivity index (χ3v) is 2.67. The Labute approximate surface area is 106 Å². The van der Waals surface area contributed by atoms with Gasteiger partial charge in [0.25, 0.3) is 0 Å². The Morgan fingerprint density at radius 2 is 2.11 bits per heavy atom. The second kappa shape index (κ2) is 6.16. The van der Waals surface area contributed by atoms with Crippen LogP contribution in [0.15, 0.2) is 28.8 Å². The van der Waals surface area contributed by atoms with Gasteiger partial charge in [-0.15, -0.1) is 0 Å². The Morgan fingerprint density at radius 1 is 1.22 bits per heavy atom. The quantitative estimate of drug-likeness (QED) is 0.764. The molecule has 0 radical (unpaired) electrons. The van der Waals surface area contributed by atoms with Crippen LogP contribution in [-0.4, -0.2) is 21.8 Å². The van der Waals surface area contributed by atoms with Crippen molar-refractivity contribution in [3.05, 3.63) is 30.2 Å². The van der Waals surface area contributed by atoms with Crippen molar-refractivity contribution < 1.29 is 9.63 Å². The molecule has 96 valence electrons. The van der Waals surface area contributed by atoms with Crippen LogP contribution < -0.4 is 5.73 Å². The normalized spacial score (nSPS) is 10.7. The minimum atomic E-state index is 0.196. The summed E-state index contributed by atoms with van der Waals surface area (Å²) in [4.78, 5) is 4.30. The topological polar surface area (TPSA) is 85.2 Å². The number of unbranched alkanes of at least 4 members (excludes halogenated alkanes) is 2. The highest BCUT2D eigenvalue weighted by molar-refractivity contribution is 5.56. The fourth-order valence-corrected chi connectivity index (χ4v) is 1.72. The van der Waals surface area contributed by atoms with Gasteiger partial charge in [-0.05, 0) is 31.5 Å². The predicted octanol–water partition coefficient (Wildman–Crippen LogP) is 2.11. The van der Waals surface area contributed by atoms with Crippen LogP contribution in [0, 0.1) is 0 Å². The van der Waals surface area contributed by atoms with E-state index in [-0.39, 0.29) is 5.75 Å². The van der Waals surface area contributed by atoms with Crippen LogP contribution in [-0.2, 0) is 6.42 Å². The van der Waals surface area contributed by atoms with Gasteiger partial charge in [-0.2, -0.15) is 4.98 Å². The van der Waals surface area contributed by atoms with Gasteiger partial charge in [0.2, 0.25) is 11.7 Å². The van der Waals surface area contributed by atoms with Crippen molar-refractivity contribution in [2.75, 3.05) is 6.54 Å². The molecule has 0 aliphatic heterocycles. The molecule has 0 saturated heterocycles. The summed E-state index contributed by atoms with van der Waals surface area (Å²) in [5, 5.41) is 13.3. The van der Waals surface area contributed by atoms with Gasteiger partial charge < -0.3 is 15.4 Å². The highest BCUT2D eigenvalue weighted by atomic mass is 16.5. The number of nitrogens with zero attached hydrogens (tertiary/aromatic N) is 2. The third-order valence-electron chi connectivity index (χ3n) is 2.67. The van der Waals surface area contributed by atoms with Gasteiger partial charge in [0.15, 0.2) is 0 Å². The van der Waals surface area contributed by atoms with E-state index in [9.17, 15) is 5.11 Å². The zero-order chi connectivity index (χ0) is 12.8. The smallest absolute Gasteiger partial charge is 0.226 e. The largest absolute Gasteiger partial charge is 0.508 e. The molecule has 2 aromatic rings.